The molecule has 2 aromatic heterocycles. The van der Waals surface area contributed by atoms with Crippen LogP contribution in [-0.4, -0.2) is 40.5 Å². The molecule has 0 saturated carbocycles. The molecule has 1 fully saturated rings. The topological polar surface area (TPSA) is 66.6 Å². The van der Waals surface area contributed by atoms with Crippen LogP contribution < -0.4 is 4.90 Å². The number of ether oxygens (including phenoxy) is 1. The number of nitrogens with one attached hydrogen (secondary N) is 1. The Kier molecular flexibility index (Phi) is 5.92. The smallest absolute Gasteiger partial charge is 0.309 e. The highest BCUT2D eigenvalue weighted by Crippen LogP contribution is 2.20. The van der Waals surface area contributed by atoms with Crippen molar-refractivity contribution in [3.63, 3.8) is 0 Å². The van der Waals surface area contributed by atoms with Crippen LogP contribution in [0.3, 0.4) is 0 Å². The van der Waals surface area contributed by atoms with Crippen LogP contribution in [0.4, 0.5) is 0 Å². The van der Waals surface area contributed by atoms with Crippen LogP contribution in [0.2, 0.25) is 0 Å². The molecule has 0 spiro atoms. The van der Waals surface area contributed by atoms with Crippen molar-refractivity contribution in [2.45, 2.75) is 26.1 Å². The lowest BCUT2D eigenvalue weighted by molar-refractivity contribution is -0.929. The van der Waals surface area contributed by atoms with Gasteiger partial charge in [-0.25, -0.2) is 0 Å². The van der Waals surface area contributed by atoms with E-state index in [9.17, 15) is 4.79 Å². The molecule has 1 aromatic carbocycles. The van der Waals surface area contributed by atoms with Crippen LogP contribution in [0.5, 0.6) is 0 Å². The van der Waals surface area contributed by atoms with E-state index in [1.165, 1.54) is 12.0 Å². The zero-order valence-electron chi connectivity index (χ0n) is 16.4. The highest BCUT2D eigenvalue weighted by Gasteiger charge is 2.29. The van der Waals surface area contributed by atoms with Gasteiger partial charge in [0.1, 0.15) is 0 Å². The molecule has 1 N–H and O–H groups in total. The van der Waals surface area contributed by atoms with Gasteiger partial charge < -0.3 is 14.1 Å². The standard InChI is InChI=1S/C21H24N4O3S/c1-27-20(26)17-9-11-23(12-10-17)15-25-21(29)24(14-16-6-3-2-4-7-16)19(22-25)18-8-5-13-28-18/h2-8,13,17H,9-12,14-15H2,1H3/p+1. The van der Waals surface area contributed by atoms with Crippen LogP contribution in [0.25, 0.3) is 11.6 Å². The first kappa shape index (κ1) is 19.6. The van der Waals surface area contributed by atoms with E-state index in [0.717, 1.165) is 37.3 Å². The van der Waals surface area contributed by atoms with E-state index in [1.807, 2.05) is 39.6 Å². The molecule has 0 atom stereocenters. The minimum atomic E-state index is -0.104. The highest BCUT2D eigenvalue weighted by molar-refractivity contribution is 7.71. The number of methoxy groups -OCH3 is 1. The monoisotopic (exact) mass is 413 g/mol. The zero-order chi connectivity index (χ0) is 20.2. The first-order valence-electron chi connectivity index (χ1n) is 9.82. The zero-order valence-corrected chi connectivity index (χ0v) is 17.2. The van der Waals surface area contributed by atoms with Crippen molar-refractivity contribution in [3.05, 3.63) is 59.1 Å². The Morgan fingerprint density at radius 2 is 2.00 bits per heavy atom. The molecule has 29 heavy (non-hydrogen) atoms. The quantitative estimate of drug-likeness (QED) is 0.496. The summed E-state index contributed by atoms with van der Waals surface area (Å²) in [7, 11) is 1.45. The van der Waals surface area contributed by atoms with Crippen LogP contribution in [-0.2, 0) is 22.7 Å². The van der Waals surface area contributed by atoms with Gasteiger partial charge in [-0.05, 0) is 29.9 Å². The molecule has 1 aliphatic heterocycles. The second kappa shape index (κ2) is 8.75. The van der Waals surface area contributed by atoms with Crippen molar-refractivity contribution in [3.8, 4) is 11.6 Å². The number of quaternary nitrogens is 1. The number of piperidine rings is 1. The number of benzene rings is 1. The van der Waals surface area contributed by atoms with Gasteiger partial charge in [-0.1, -0.05) is 30.3 Å². The summed E-state index contributed by atoms with van der Waals surface area (Å²) in [5.41, 5.74) is 1.15. The second-order valence-corrected chi connectivity index (χ2v) is 7.73. The molecule has 4 rings (SSSR count). The SMILES string of the molecule is COC(=O)C1CC[NH+](Cn2nc(-c3ccco3)n(Cc3ccccc3)c2=S)CC1. The number of aromatic nitrogens is 3. The van der Waals surface area contributed by atoms with Gasteiger partial charge in [0.05, 0.1) is 38.9 Å². The molecule has 3 aromatic rings. The van der Waals surface area contributed by atoms with Crippen LogP contribution in [0.15, 0.2) is 53.1 Å². The highest BCUT2D eigenvalue weighted by atomic mass is 32.1. The molecule has 3 heterocycles. The van der Waals surface area contributed by atoms with E-state index >= 15 is 0 Å². The third kappa shape index (κ3) is 4.33. The maximum absolute atomic E-state index is 11.8. The lowest BCUT2D eigenvalue weighted by Crippen LogP contribution is -3.12. The number of carbonyl (C=O) groups is 1. The number of esters is 1. The number of furan rings is 1. The molecule has 8 heteroatoms. The summed E-state index contributed by atoms with van der Waals surface area (Å²) in [6.45, 7) is 3.09. The lowest BCUT2D eigenvalue weighted by Gasteiger charge is -2.27. The van der Waals surface area contributed by atoms with Gasteiger partial charge in [-0.2, -0.15) is 4.68 Å². The van der Waals surface area contributed by atoms with Gasteiger partial charge >= 0.3 is 5.97 Å². The average Bonchev–Trinajstić information content (AvgIpc) is 3.39. The Morgan fingerprint density at radius 1 is 1.24 bits per heavy atom. The van der Waals surface area contributed by atoms with Crippen molar-refractivity contribution in [2.24, 2.45) is 5.92 Å². The maximum atomic E-state index is 11.8. The summed E-state index contributed by atoms with van der Waals surface area (Å²) in [6, 6.07) is 13.9. The van der Waals surface area contributed by atoms with Gasteiger partial charge in [0, 0.05) is 12.8 Å². The van der Waals surface area contributed by atoms with E-state index in [1.54, 1.807) is 6.26 Å². The summed E-state index contributed by atoms with van der Waals surface area (Å²) in [6.07, 6.45) is 3.29. The summed E-state index contributed by atoms with van der Waals surface area (Å²) in [5.74, 6) is 1.33. The van der Waals surface area contributed by atoms with Crippen molar-refractivity contribution >= 4 is 18.2 Å². The molecule has 0 amide bonds. The fraction of sp³-hybridized carbons (Fsp3) is 0.381. The van der Waals surface area contributed by atoms with Crippen LogP contribution in [0.1, 0.15) is 18.4 Å². The van der Waals surface area contributed by atoms with Crippen molar-refractivity contribution in [1.29, 1.82) is 0 Å². The van der Waals surface area contributed by atoms with E-state index in [4.69, 9.17) is 26.5 Å². The third-order valence-electron chi connectivity index (χ3n) is 5.45. The van der Waals surface area contributed by atoms with Gasteiger partial charge in [0.2, 0.25) is 4.77 Å². The molecular weight excluding hydrogens is 388 g/mol. The number of nitrogens with zero attached hydrogens (tertiary/aromatic N) is 3. The van der Waals surface area contributed by atoms with Gasteiger partial charge in [0.15, 0.2) is 18.3 Å². The Morgan fingerprint density at radius 3 is 2.66 bits per heavy atom. The van der Waals surface area contributed by atoms with Crippen molar-refractivity contribution in [2.75, 3.05) is 20.2 Å². The van der Waals surface area contributed by atoms with E-state index in [0.29, 0.717) is 23.7 Å². The molecule has 7 nitrogen and oxygen atoms in total. The molecule has 0 bridgehead atoms. The van der Waals surface area contributed by atoms with E-state index < -0.39 is 0 Å². The Labute approximate surface area is 174 Å². The Bertz CT molecular complexity index is 1000. The van der Waals surface area contributed by atoms with Gasteiger partial charge in [-0.15, -0.1) is 5.10 Å². The van der Waals surface area contributed by atoms with Crippen LogP contribution >= 0.6 is 12.2 Å². The van der Waals surface area contributed by atoms with E-state index in [2.05, 4.69) is 12.1 Å². The normalized spacial score (nSPS) is 19.2. The molecule has 1 aliphatic rings. The van der Waals surface area contributed by atoms with Gasteiger partial charge in [0.25, 0.3) is 0 Å². The Hall–Kier alpha value is -2.71. The van der Waals surface area contributed by atoms with Gasteiger partial charge in [-0.3, -0.25) is 9.36 Å². The number of rotatable bonds is 6. The second-order valence-electron chi connectivity index (χ2n) is 7.36. The first-order valence-corrected chi connectivity index (χ1v) is 10.2. The predicted octanol–water partition coefficient (Wildman–Crippen LogP) is 2.15. The number of carbonyl (C=O) groups excluding carboxylic acids is 1. The molecule has 0 unspecified atom stereocenters. The first-order chi connectivity index (χ1) is 14.2. The maximum Gasteiger partial charge on any atom is 0.309 e. The molecular formula is C21H25N4O3S+. The minimum Gasteiger partial charge on any atom is -0.469 e. The number of hydrogen-bond donors (Lipinski definition) is 1. The number of likely N-dealkylation sites (tertiary alicyclic amines) is 1. The largest absolute Gasteiger partial charge is 0.469 e. The van der Waals surface area contributed by atoms with Crippen LogP contribution in [0, 0.1) is 10.7 Å². The fourth-order valence-electron chi connectivity index (χ4n) is 3.84. The summed E-state index contributed by atoms with van der Waals surface area (Å²) >= 11 is 5.77. The predicted molar refractivity (Wildman–Crippen MR) is 110 cm³/mol. The molecule has 0 aliphatic carbocycles. The summed E-state index contributed by atoms with van der Waals surface area (Å²) < 4.78 is 15.1. The molecule has 0 radical (unpaired) electrons. The molecule has 1 saturated heterocycles. The third-order valence-corrected chi connectivity index (χ3v) is 5.88. The lowest BCUT2D eigenvalue weighted by atomic mass is 9.97. The van der Waals surface area contributed by atoms with Crippen molar-refractivity contribution in [1.82, 2.24) is 14.3 Å². The minimum absolute atomic E-state index is 0.00559. The molecule has 152 valence electrons. The Balaban J connectivity index is 1.56. The van der Waals surface area contributed by atoms with Crippen molar-refractivity contribution < 1.29 is 18.8 Å². The van der Waals surface area contributed by atoms with E-state index in [-0.39, 0.29) is 11.9 Å². The summed E-state index contributed by atoms with van der Waals surface area (Å²) in [5, 5.41) is 4.78. The average molecular weight is 414 g/mol. The fourth-order valence-corrected chi connectivity index (χ4v) is 4.10. The number of hydrogen-bond acceptors (Lipinski definition) is 5. The summed E-state index contributed by atoms with van der Waals surface area (Å²) in [4.78, 5) is 13.1.